The smallest absolute Gasteiger partial charge is 0.241 e. The number of carbonyl (C=O) groups is 1. The van der Waals surface area contributed by atoms with Crippen molar-refractivity contribution < 1.29 is 13.2 Å². The number of sulfonamides is 1. The standard InChI is InChI=1S/C26H29N3O3S/c1-17-11-18(2)24(19(3)12-17)16-29-15-20-7-4-5-10-23(20)26(29)25(30)14-28-33(31,32)22-9-6-8-21(27)13-22/h4-13,26,28H,14-16,27H2,1-3H3/t26-/m1/s1. The summed E-state index contributed by atoms with van der Waals surface area (Å²) in [5.74, 6) is -0.185. The summed E-state index contributed by atoms with van der Waals surface area (Å²) in [6, 6.07) is 17.7. The summed E-state index contributed by atoms with van der Waals surface area (Å²) < 4.78 is 27.9. The average molecular weight is 464 g/mol. The first-order valence-corrected chi connectivity index (χ1v) is 12.4. The van der Waals surface area contributed by atoms with Crippen molar-refractivity contribution in [1.29, 1.82) is 0 Å². The SMILES string of the molecule is Cc1cc(C)c(CN2Cc3ccccc3[C@@H]2C(=O)CNS(=O)(=O)c2cccc(N)c2)c(C)c1. The molecule has 1 heterocycles. The summed E-state index contributed by atoms with van der Waals surface area (Å²) in [7, 11) is -3.85. The highest BCUT2D eigenvalue weighted by molar-refractivity contribution is 7.89. The van der Waals surface area contributed by atoms with E-state index < -0.39 is 16.1 Å². The summed E-state index contributed by atoms with van der Waals surface area (Å²) in [5, 5.41) is 0. The normalized spacial score (nSPS) is 16.0. The van der Waals surface area contributed by atoms with Crippen LogP contribution in [0.5, 0.6) is 0 Å². The van der Waals surface area contributed by atoms with E-state index in [0.717, 1.165) is 11.1 Å². The quantitative estimate of drug-likeness (QED) is 0.520. The highest BCUT2D eigenvalue weighted by Crippen LogP contribution is 2.36. The predicted octanol–water partition coefficient (Wildman–Crippen LogP) is 3.80. The number of rotatable bonds is 7. The first-order chi connectivity index (χ1) is 15.7. The van der Waals surface area contributed by atoms with Gasteiger partial charge in [-0.3, -0.25) is 9.69 Å². The van der Waals surface area contributed by atoms with E-state index in [1.54, 1.807) is 12.1 Å². The van der Waals surface area contributed by atoms with Crippen molar-refractivity contribution in [3.05, 3.63) is 94.0 Å². The minimum atomic E-state index is -3.85. The minimum absolute atomic E-state index is 0.0462. The molecule has 3 aromatic rings. The number of carbonyl (C=O) groups excluding carboxylic acids is 1. The Balaban J connectivity index is 1.58. The van der Waals surface area contributed by atoms with Gasteiger partial charge in [0.2, 0.25) is 10.0 Å². The molecule has 4 rings (SSSR count). The second-order valence-electron chi connectivity index (χ2n) is 8.75. The molecule has 0 saturated heterocycles. The largest absolute Gasteiger partial charge is 0.399 e. The lowest BCUT2D eigenvalue weighted by Crippen LogP contribution is -2.37. The summed E-state index contributed by atoms with van der Waals surface area (Å²) in [6.45, 7) is 7.23. The summed E-state index contributed by atoms with van der Waals surface area (Å²) in [6.07, 6.45) is 0. The van der Waals surface area contributed by atoms with Crippen LogP contribution in [0.25, 0.3) is 0 Å². The zero-order chi connectivity index (χ0) is 23.8. The van der Waals surface area contributed by atoms with Crippen molar-refractivity contribution in [2.24, 2.45) is 0 Å². The van der Waals surface area contributed by atoms with Gasteiger partial charge in [-0.05, 0) is 66.8 Å². The zero-order valence-electron chi connectivity index (χ0n) is 19.1. The molecule has 0 unspecified atom stereocenters. The van der Waals surface area contributed by atoms with E-state index in [2.05, 4.69) is 42.5 Å². The Kier molecular flexibility index (Phi) is 6.38. The monoisotopic (exact) mass is 463 g/mol. The number of hydrogen-bond acceptors (Lipinski definition) is 5. The van der Waals surface area contributed by atoms with Gasteiger partial charge >= 0.3 is 0 Å². The van der Waals surface area contributed by atoms with Crippen LogP contribution in [0.15, 0.2) is 65.6 Å². The van der Waals surface area contributed by atoms with Gasteiger partial charge in [-0.15, -0.1) is 0 Å². The maximum Gasteiger partial charge on any atom is 0.241 e. The Hall–Kier alpha value is -3.00. The van der Waals surface area contributed by atoms with Gasteiger partial charge in [0.15, 0.2) is 5.78 Å². The Morgan fingerprint density at radius 1 is 1.03 bits per heavy atom. The number of anilines is 1. The number of benzene rings is 3. The van der Waals surface area contributed by atoms with Gasteiger partial charge in [0.05, 0.1) is 17.5 Å². The average Bonchev–Trinajstić information content (AvgIpc) is 3.13. The molecule has 1 atom stereocenters. The van der Waals surface area contributed by atoms with Crippen LogP contribution in [0, 0.1) is 20.8 Å². The summed E-state index contributed by atoms with van der Waals surface area (Å²) >= 11 is 0. The van der Waals surface area contributed by atoms with E-state index in [0.29, 0.717) is 18.8 Å². The van der Waals surface area contributed by atoms with Crippen LogP contribution in [-0.4, -0.2) is 25.6 Å². The van der Waals surface area contributed by atoms with Crippen molar-refractivity contribution >= 4 is 21.5 Å². The molecular weight excluding hydrogens is 434 g/mol. The summed E-state index contributed by atoms with van der Waals surface area (Å²) in [5.41, 5.74) is 12.9. The van der Waals surface area contributed by atoms with E-state index in [4.69, 9.17) is 5.73 Å². The van der Waals surface area contributed by atoms with Crippen LogP contribution in [0.3, 0.4) is 0 Å². The van der Waals surface area contributed by atoms with Crippen LogP contribution in [-0.2, 0) is 27.9 Å². The van der Waals surface area contributed by atoms with Gasteiger partial charge in [-0.2, -0.15) is 0 Å². The molecule has 0 bridgehead atoms. The van der Waals surface area contributed by atoms with Crippen LogP contribution >= 0.6 is 0 Å². The lowest BCUT2D eigenvalue weighted by Gasteiger charge is -2.26. The van der Waals surface area contributed by atoms with Gasteiger partial charge in [0, 0.05) is 18.8 Å². The van der Waals surface area contributed by atoms with E-state index in [1.807, 2.05) is 24.3 Å². The molecular formula is C26H29N3O3S. The second kappa shape index (κ2) is 9.09. The molecule has 0 radical (unpaired) electrons. The number of hydrogen-bond donors (Lipinski definition) is 2. The fourth-order valence-electron chi connectivity index (χ4n) is 4.67. The van der Waals surface area contributed by atoms with Gasteiger partial charge in [-0.25, -0.2) is 13.1 Å². The van der Waals surface area contributed by atoms with Crippen LogP contribution in [0.4, 0.5) is 5.69 Å². The van der Waals surface area contributed by atoms with E-state index in [1.165, 1.54) is 34.4 Å². The molecule has 0 amide bonds. The van der Waals surface area contributed by atoms with Crippen molar-refractivity contribution in [2.45, 2.75) is 44.8 Å². The first-order valence-electron chi connectivity index (χ1n) is 10.9. The number of nitrogens with one attached hydrogen (secondary N) is 1. The highest BCUT2D eigenvalue weighted by atomic mass is 32.2. The van der Waals surface area contributed by atoms with Crippen molar-refractivity contribution in [3.8, 4) is 0 Å². The zero-order valence-corrected chi connectivity index (χ0v) is 19.9. The molecule has 0 fully saturated rings. The minimum Gasteiger partial charge on any atom is -0.399 e. The number of aryl methyl sites for hydroxylation is 3. The molecule has 0 saturated carbocycles. The number of ketones is 1. The molecule has 7 heteroatoms. The number of nitrogen functional groups attached to an aromatic ring is 1. The Morgan fingerprint density at radius 2 is 1.73 bits per heavy atom. The Bertz CT molecular complexity index is 1290. The van der Waals surface area contributed by atoms with E-state index >= 15 is 0 Å². The predicted molar refractivity (Wildman–Crippen MR) is 130 cm³/mol. The molecule has 6 nitrogen and oxygen atoms in total. The lowest BCUT2D eigenvalue weighted by atomic mass is 9.98. The third kappa shape index (κ3) is 4.85. The Morgan fingerprint density at radius 3 is 2.42 bits per heavy atom. The van der Waals surface area contributed by atoms with Crippen LogP contribution in [0.1, 0.15) is 39.4 Å². The third-order valence-corrected chi connectivity index (χ3v) is 7.60. The molecule has 3 aromatic carbocycles. The maximum atomic E-state index is 13.4. The fourth-order valence-corrected chi connectivity index (χ4v) is 5.71. The highest BCUT2D eigenvalue weighted by Gasteiger charge is 2.35. The van der Waals surface area contributed by atoms with E-state index in [9.17, 15) is 13.2 Å². The molecule has 172 valence electrons. The number of nitrogens with two attached hydrogens (primary N) is 1. The Labute approximate surface area is 195 Å². The van der Waals surface area contributed by atoms with Crippen molar-refractivity contribution in [2.75, 3.05) is 12.3 Å². The summed E-state index contributed by atoms with van der Waals surface area (Å²) in [4.78, 5) is 15.6. The molecule has 33 heavy (non-hydrogen) atoms. The third-order valence-electron chi connectivity index (χ3n) is 6.20. The molecule has 0 aromatic heterocycles. The van der Waals surface area contributed by atoms with Crippen molar-refractivity contribution in [1.82, 2.24) is 9.62 Å². The maximum absolute atomic E-state index is 13.4. The topological polar surface area (TPSA) is 92.5 Å². The first kappa shape index (κ1) is 23.2. The van der Waals surface area contributed by atoms with Crippen LogP contribution < -0.4 is 10.5 Å². The van der Waals surface area contributed by atoms with E-state index in [-0.39, 0.29) is 17.2 Å². The molecule has 0 spiro atoms. The molecule has 1 aliphatic heterocycles. The van der Waals surface area contributed by atoms with Gasteiger partial charge < -0.3 is 5.73 Å². The molecule has 3 N–H and O–H groups in total. The fraction of sp³-hybridized carbons (Fsp3) is 0.269. The van der Waals surface area contributed by atoms with Gasteiger partial charge in [-0.1, -0.05) is 48.0 Å². The van der Waals surface area contributed by atoms with Crippen LogP contribution in [0.2, 0.25) is 0 Å². The number of nitrogens with zero attached hydrogens (tertiary/aromatic N) is 1. The van der Waals surface area contributed by atoms with Gasteiger partial charge in [0.25, 0.3) is 0 Å². The molecule has 1 aliphatic rings. The number of fused-ring (bicyclic) bond motifs is 1. The second-order valence-corrected chi connectivity index (χ2v) is 10.5. The number of Topliss-reactive ketones (excluding diaryl/α,β-unsaturated/α-hetero) is 1. The lowest BCUT2D eigenvalue weighted by molar-refractivity contribution is -0.123. The molecule has 0 aliphatic carbocycles. The van der Waals surface area contributed by atoms with Gasteiger partial charge in [0.1, 0.15) is 0 Å². The van der Waals surface area contributed by atoms with Crippen molar-refractivity contribution in [3.63, 3.8) is 0 Å².